The Morgan fingerprint density at radius 1 is 1.53 bits per heavy atom. The van der Waals surface area contributed by atoms with Crippen molar-refractivity contribution < 1.29 is 9.53 Å². The second kappa shape index (κ2) is 5.32. The molecule has 90 valence electrons. The highest BCUT2D eigenvalue weighted by Gasteiger charge is 2.28. The largest absolute Gasteiger partial charge is 0.491 e. The Kier molecular flexibility index (Phi) is 4.07. The number of hydrazine groups is 1. The average molecular weight is 233 g/mol. The summed E-state index contributed by atoms with van der Waals surface area (Å²) >= 11 is 0. The minimum Gasteiger partial charge on any atom is -0.491 e. The molecule has 1 amide bonds. The number of nitrogens with one attached hydrogen (secondary N) is 1. The highest BCUT2D eigenvalue weighted by atomic mass is 16.5. The number of amides is 1. The first-order valence-corrected chi connectivity index (χ1v) is 5.14. The maximum atomic E-state index is 11.4. The van der Waals surface area contributed by atoms with Crippen LogP contribution in [0, 0.1) is 16.7 Å². The number of benzene rings is 1. The van der Waals surface area contributed by atoms with Crippen LogP contribution in [0.5, 0.6) is 5.75 Å². The van der Waals surface area contributed by atoms with Gasteiger partial charge in [-0.25, -0.2) is 5.84 Å². The van der Waals surface area contributed by atoms with E-state index in [0.717, 1.165) is 0 Å². The molecule has 1 aromatic rings. The summed E-state index contributed by atoms with van der Waals surface area (Å²) < 4.78 is 5.48. The van der Waals surface area contributed by atoms with E-state index in [4.69, 9.17) is 15.8 Å². The number of para-hydroxylation sites is 1. The van der Waals surface area contributed by atoms with Gasteiger partial charge in [0.2, 0.25) is 5.91 Å². The molecule has 1 aromatic carbocycles. The second-order valence-corrected chi connectivity index (χ2v) is 4.25. The van der Waals surface area contributed by atoms with Crippen molar-refractivity contribution in [3.05, 3.63) is 29.8 Å². The van der Waals surface area contributed by atoms with Gasteiger partial charge >= 0.3 is 0 Å². The predicted octanol–water partition coefficient (Wildman–Crippen LogP) is 0.953. The molecule has 1 rings (SSSR count). The molecule has 0 radical (unpaired) electrons. The molecule has 0 spiro atoms. The summed E-state index contributed by atoms with van der Waals surface area (Å²) in [4.78, 5) is 11.4. The molecule has 0 saturated heterocycles. The van der Waals surface area contributed by atoms with Crippen LogP contribution in [0.4, 0.5) is 0 Å². The monoisotopic (exact) mass is 233 g/mol. The summed E-state index contributed by atoms with van der Waals surface area (Å²) in [7, 11) is 0. The first-order chi connectivity index (χ1) is 8.01. The fourth-order valence-corrected chi connectivity index (χ4v) is 1.20. The summed E-state index contributed by atoms with van der Waals surface area (Å²) in [6.07, 6.45) is 0. The van der Waals surface area contributed by atoms with Gasteiger partial charge in [-0.2, -0.15) is 5.26 Å². The Balaban J connectivity index is 2.74. The van der Waals surface area contributed by atoms with Gasteiger partial charge in [0.15, 0.2) is 0 Å². The topological polar surface area (TPSA) is 88.1 Å². The fraction of sp³-hybridized carbons (Fsp3) is 0.333. The summed E-state index contributed by atoms with van der Waals surface area (Å²) in [6, 6.07) is 8.90. The van der Waals surface area contributed by atoms with E-state index in [1.165, 1.54) is 0 Å². The van der Waals surface area contributed by atoms with Crippen molar-refractivity contribution in [3.63, 3.8) is 0 Å². The Hall–Kier alpha value is -2.06. The minimum absolute atomic E-state index is 0.148. The summed E-state index contributed by atoms with van der Waals surface area (Å²) in [5, 5.41) is 8.87. The quantitative estimate of drug-likeness (QED) is 0.460. The van der Waals surface area contributed by atoms with Crippen LogP contribution in [-0.4, -0.2) is 12.5 Å². The normalized spacial score (nSPS) is 10.5. The van der Waals surface area contributed by atoms with Gasteiger partial charge in [-0.1, -0.05) is 12.1 Å². The van der Waals surface area contributed by atoms with Crippen molar-refractivity contribution in [2.45, 2.75) is 13.8 Å². The van der Waals surface area contributed by atoms with Crippen LogP contribution in [0.3, 0.4) is 0 Å². The number of carbonyl (C=O) groups excluding carboxylic acids is 1. The van der Waals surface area contributed by atoms with E-state index in [1.807, 2.05) is 6.07 Å². The van der Waals surface area contributed by atoms with Crippen LogP contribution >= 0.6 is 0 Å². The van der Waals surface area contributed by atoms with Gasteiger partial charge in [-0.3, -0.25) is 10.2 Å². The number of carbonyl (C=O) groups is 1. The number of ether oxygens (including phenoxy) is 1. The molecule has 0 aromatic heterocycles. The molecular formula is C12H15N3O2. The zero-order valence-electron chi connectivity index (χ0n) is 9.86. The average Bonchev–Trinajstić information content (AvgIpc) is 2.35. The van der Waals surface area contributed by atoms with Crippen LogP contribution in [0.2, 0.25) is 0 Å². The van der Waals surface area contributed by atoms with Crippen molar-refractivity contribution in [1.82, 2.24) is 5.43 Å². The summed E-state index contributed by atoms with van der Waals surface area (Å²) in [5.41, 5.74) is 1.77. The number of hydrogen-bond donors (Lipinski definition) is 2. The molecule has 0 heterocycles. The lowest BCUT2D eigenvalue weighted by Crippen LogP contribution is -2.44. The first-order valence-electron chi connectivity index (χ1n) is 5.14. The van der Waals surface area contributed by atoms with E-state index >= 15 is 0 Å². The van der Waals surface area contributed by atoms with Gasteiger partial charge in [-0.15, -0.1) is 0 Å². The fourth-order valence-electron chi connectivity index (χ4n) is 1.20. The van der Waals surface area contributed by atoms with Gasteiger partial charge in [0, 0.05) is 0 Å². The standard InChI is InChI=1S/C12H15N3O2/c1-12(2,11(16)15-14)8-17-10-6-4-3-5-9(10)7-13/h3-6H,8,14H2,1-2H3,(H,15,16). The Morgan fingerprint density at radius 3 is 2.76 bits per heavy atom. The molecule has 0 aliphatic heterocycles. The molecule has 5 heteroatoms. The van der Waals surface area contributed by atoms with Crippen molar-refractivity contribution in [3.8, 4) is 11.8 Å². The Bertz CT molecular complexity index is 449. The molecule has 17 heavy (non-hydrogen) atoms. The second-order valence-electron chi connectivity index (χ2n) is 4.25. The van der Waals surface area contributed by atoms with E-state index in [0.29, 0.717) is 11.3 Å². The lowest BCUT2D eigenvalue weighted by Gasteiger charge is -2.22. The zero-order chi connectivity index (χ0) is 12.9. The molecule has 0 saturated carbocycles. The molecule has 0 aliphatic carbocycles. The van der Waals surface area contributed by atoms with Crippen LogP contribution in [0.15, 0.2) is 24.3 Å². The van der Waals surface area contributed by atoms with Crippen molar-refractivity contribution in [2.24, 2.45) is 11.3 Å². The van der Waals surface area contributed by atoms with Crippen LogP contribution < -0.4 is 16.0 Å². The van der Waals surface area contributed by atoms with Crippen LogP contribution in [0.25, 0.3) is 0 Å². The Labute approximate surface area is 100 Å². The van der Waals surface area contributed by atoms with Gasteiger partial charge < -0.3 is 4.74 Å². The maximum absolute atomic E-state index is 11.4. The molecule has 0 bridgehead atoms. The number of hydrogen-bond acceptors (Lipinski definition) is 4. The number of rotatable bonds is 4. The zero-order valence-corrected chi connectivity index (χ0v) is 9.86. The number of nitrogens with zero attached hydrogens (tertiary/aromatic N) is 1. The Morgan fingerprint density at radius 2 is 2.18 bits per heavy atom. The molecule has 0 aliphatic rings. The number of nitrogens with two attached hydrogens (primary N) is 1. The van der Waals surface area contributed by atoms with Gasteiger partial charge in [0.25, 0.3) is 0 Å². The van der Waals surface area contributed by atoms with E-state index in [9.17, 15) is 4.79 Å². The van der Waals surface area contributed by atoms with E-state index in [-0.39, 0.29) is 12.5 Å². The summed E-state index contributed by atoms with van der Waals surface area (Å²) in [5.74, 6) is 5.23. The smallest absolute Gasteiger partial charge is 0.242 e. The SMILES string of the molecule is CC(C)(COc1ccccc1C#N)C(=O)NN. The maximum Gasteiger partial charge on any atom is 0.242 e. The lowest BCUT2D eigenvalue weighted by atomic mass is 9.94. The molecule has 5 nitrogen and oxygen atoms in total. The molecule has 3 N–H and O–H groups in total. The molecule has 0 fully saturated rings. The van der Waals surface area contributed by atoms with Crippen LogP contribution in [-0.2, 0) is 4.79 Å². The van der Waals surface area contributed by atoms with Crippen molar-refractivity contribution >= 4 is 5.91 Å². The van der Waals surface area contributed by atoms with Gasteiger partial charge in [-0.05, 0) is 26.0 Å². The van der Waals surface area contributed by atoms with Gasteiger partial charge in [0.1, 0.15) is 18.4 Å². The van der Waals surface area contributed by atoms with E-state index < -0.39 is 5.41 Å². The third-order valence-electron chi connectivity index (χ3n) is 2.34. The van der Waals surface area contributed by atoms with Crippen molar-refractivity contribution in [1.29, 1.82) is 5.26 Å². The van der Waals surface area contributed by atoms with E-state index in [1.54, 1.807) is 38.1 Å². The van der Waals surface area contributed by atoms with Crippen molar-refractivity contribution in [2.75, 3.05) is 6.61 Å². The first kappa shape index (κ1) is 13.0. The van der Waals surface area contributed by atoms with Crippen LogP contribution in [0.1, 0.15) is 19.4 Å². The third-order valence-corrected chi connectivity index (χ3v) is 2.34. The third kappa shape index (κ3) is 3.20. The summed E-state index contributed by atoms with van der Waals surface area (Å²) in [6.45, 7) is 3.57. The minimum atomic E-state index is -0.753. The molecule has 0 atom stereocenters. The lowest BCUT2D eigenvalue weighted by molar-refractivity contribution is -0.130. The van der Waals surface area contributed by atoms with Gasteiger partial charge in [0.05, 0.1) is 11.0 Å². The highest BCUT2D eigenvalue weighted by molar-refractivity contribution is 5.81. The molecular weight excluding hydrogens is 218 g/mol. The highest BCUT2D eigenvalue weighted by Crippen LogP contribution is 2.21. The predicted molar refractivity (Wildman–Crippen MR) is 62.8 cm³/mol. The molecule has 0 unspecified atom stereocenters. The number of nitriles is 1. The van der Waals surface area contributed by atoms with E-state index in [2.05, 4.69) is 5.43 Å².